The van der Waals surface area contributed by atoms with Gasteiger partial charge in [0.1, 0.15) is 17.6 Å². The summed E-state index contributed by atoms with van der Waals surface area (Å²) in [6.07, 6.45) is 6.17. The topological polar surface area (TPSA) is 85.0 Å². The fraction of sp³-hybridized carbons (Fsp3) is 0.467. The molecule has 1 N–H and O–H groups in total. The Labute approximate surface area is 145 Å². The van der Waals surface area contributed by atoms with E-state index in [1.54, 1.807) is 11.1 Å². The molecular weight excluding hydrogens is 332 g/mol. The Hall–Kier alpha value is -2.35. The van der Waals surface area contributed by atoms with Crippen LogP contribution in [0.25, 0.3) is 11.5 Å². The first-order chi connectivity index (χ1) is 11.0. The van der Waals surface area contributed by atoms with Gasteiger partial charge in [-0.15, -0.1) is 12.4 Å². The van der Waals surface area contributed by atoms with Gasteiger partial charge in [0.05, 0.1) is 12.6 Å². The first-order valence-corrected chi connectivity index (χ1v) is 7.65. The fourth-order valence-electron chi connectivity index (χ4n) is 3.39. The highest BCUT2D eigenvalue weighted by atomic mass is 35.5. The lowest BCUT2D eigenvalue weighted by molar-refractivity contribution is -0.143. The van der Waals surface area contributed by atoms with E-state index in [0.29, 0.717) is 13.0 Å². The van der Waals surface area contributed by atoms with Crippen LogP contribution in [0, 0.1) is 6.92 Å². The molecule has 0 spiro atoms. The minimum Gasteiger partial charge on any atom is -0.345 e. The van der Waals surface area contributed by atoms with E-state index in [4.69, 9.17) is 0 Å². The summed E-state index contributed by atoms with van der Waals surface area (Å²) in [5.74, 6) is 1.59. The SMILES string of the molecule is Cc1nc(-c2nccn2[C@@H]2C[C@H]3C(=O)NCC(=O)N3C2)cn1C.Cl. The Morgan fingerprint density at radius 1 is 1.33 bits per heavy atom. The number of fused-ring (bicyclic) bond motifs is 1. The van der Waals surface area contributed by atoms with E-state index in [2.05, 4.69) is 15.3 Å². The molecular formula is C15H19ClN6O2. The van der Waals surface area contributed by atoms with Crippen molar-refractivity contribution in [3.8, 4) is 11.5 Å². The van der Waals surface area contributed by atoms with Gasteiger partial charge in [-0.1, -0.05) is 0 Å². The van der Waals surface area contributed by atoms with Gasteiger partial charge >= 0.3 is 0 Å². The average molecular weight is 351 g/mol. The number of nitrogens with zero attached hydrogens (tertiary/aromatic N) is 5. The van der Waals surface area contributed by atoms with Gasteiger partial charge in [-0.2, -0.15) is 0 Å². The van der Waals surface area contributed by atoms with Crippen LogP contribution in [0.3, 0.4) is 0 Å². The highest BCUT2D eigenvalue weighted by Gasteiger charge is 2.43. The summed E-state index contributed by atoms with van der Waals surface area (Å²) in [6.45, 7) is 2.57. The standard InChI is InChI=1S/C15H18N6O2.ClH/c1-9-18-11(8-19(9)2)14-16-3-4-20(14)10-5-12-15(23)17-6-13(22)21(12)7-10;/h3-4,8,10,12H,5-7H2,1-2H3,(H,17,23);1H/t10-,12+;/m1./s1. The molecule has 2 aliphatic heterocycles. The highest BCUT2D eigenvalue weighted by molar-refractivity contribution is 5.95. The van der Waals surface area contributed by atoms with Crippen LogP contribution in [-0.2, 0) is 16.6 Å². The maximum atomic E-state index is 12.0. The van der Waals surface area contributed by atoms with Crippen LogP contribution >= 0.6 is 12.4 Å². The first kappa shape index (κ1) is 16.5. The minimum atomic E-state index is -0.373. The number of halogens is 1. The van der Waals surface area contributed by atoms with Crippen LogP contribution < -0.4 is 5.32 Å². The molecule has 0 saturated carbocycles. The molecule has 9 heteroatoms. The van der Waals surface area contributed by atoms with Crippen LogP contribution in [-0.4, -0.2) is 54.9 Å². The molecule has 0 bridgehead atoms. The predicted octanol–water partition coefficient (Wildman–Crippen LogP) is 0.286. The van der Waals surface area contributed by atoms with E-state index >= 15 is 0 Å². The van der Waals surface area contributed by atoms with Crippen LogP contribution in [0.2, 0.25) is 0 Å². The number of carbonyl (C=O) groups is 2. The van der Waals surface area contributed by atoms with E-state index in [1.165, 1.54) is 0 Å². The van der Waals surface area contributed by atoms with Crippen molar-refractivity contribution in [1.82, 2.24) is 29.3 Å². The van der Waals surface area contributed by atoms with Crippen molar-refractivity contribution in [2.45, 2.75) is 25.4 Å². The zero-order valence-electron chi connectivity index (χ0n) is 13.5. The second-order valence-corrected chi connectivity index (χ2v) is 6.11. The molecule has 0 aliphatic carbocycles. The smallest absolute Gasteiger partial charge is 0.243 e. The number of nitrogens with one attached hydrogen (secondary N) is 1. The number of rotatable bonds is 2. The molecule has 4 rings (SSSR count). The van der Waals surface area contributed by atoms with Crippen LogP contribution in [0.5, 0.6) is 0 Å². The van der Waals surface area contributed by atoms with E-state index in [0.717, 1.165) is 17.3 Å². The van der Waals surface area contributed by atoms with Crippen molar-refractivity contribution < 1.29 is 9.59 Å². The molecule has 8 nitrogen and oxygen atoms in total. The maximum absolute atomic E-state index is 12.0. The number of imidazole rings is 2. The Kier molecular flexibility index (Phi) is 4.08. The van der Waals surface area contributed by atoms with Crippen LogP contribution in [0.1, 0.15) is 18.3 Å². The van der Waals surface area contributed by atoms with E-state index < -0.39 is 0 Å². The van der Waals surface area contributed by atoms with E-state index in [1.807, 2.05) is 35.5 Å². The number of hydrogen-bond acceptors (Lipinski definition) is 4. The average Bonchev–Trinajstić information content (AvgIpc) is 3.21. The molecule has 2 aromatic rings. The Balaban J connectivity index is 0.00000169. The molecule has 2 fully saturated rings. The lowest BCUT2D eigenvalue weighted by Gasteiger charge is -2.28. The first-order valence-electron chi connectivity index (χ1n) is 7.65. The van der Waals surface area contributed by atoms with Gasteiger partial charge in [-0.3, -0.25) is 9.59 Å². The number of hydrogen-bond donors (Lipinski definition) is 1. The van der Waals surface area contributed by atoms with Crippen molar-refractivity contribution >= 4 is 24.2 Å². The number of piperazine rings is 1. The minimum absolute atomic E-state index is 0. The summed E-state index contributed by atoms with van der Waals surface area (Å²) >= 11 is 0. The summed E-state index contributed by atoms with van der Waals surface area (Å²) in [7, 11) is 1.94. The summed E-state index contributed by atoms with van der Waals surface area (Å²) in [5.41, 5.74) is 0.802. The molecule has 24 heavy (non-hydrogen) atoms. The molecule has 2 saturated heterocycles. The maximum Gasteiger partial charge on any atom is 0.243 e. The highest BCUT2D eigenvalue weighted by Crippen LogP contribution is 2.32. The van der Waals surface area contributed by atoms with Crippen molar-refractivity contribution in [1.29, 1.82) is 0 Å². The predicted molar refractivity (Wildman–Crippen MR) is 88.6 cm³/mol. The van der Waals surface area contributed by atoms with Gasteiger partial charge in [0.25, 0.3) is 0 Å². The van der Waals surface area contributed by atoms with Gasteiger partial charge in [0, 0.05) is 32.2 Å². The zero-order valence-corrected chi connectivity index (χ0v) is 14.3. The van der Waals surface area contributed by atoms with Gasteiger partial charge in [-0.25, -0.2) is 9.97 Å². The van der Waals surface area contributed by atoms with Gasteiger partial charge in [0.15, 0.2) is 5.82 Å². The summed E-state index contributed by atoms with van der Waals surface area (Å²) < 4.78 is 3.98. The second-order valence-electron chi connectivity index (χ2n) is 6.11. The number of aromatic nitrogens is 4. The molecule has 2 amide bonds. The van der Waals surface area contributed by atoms with Crippen molar-refractivity contribution in [2.24, 2.45) is 7.05 Å². The zero-order chi connectivity index (χ0) is 16.1. The number of carbonyl (C=O) groups excluding carboxylic acids is 2. The summed E-state index contributed by atoms with van der Waals surface area (Å²) in [5, 5.41) is 2.66. The summed E-state index contributed by atoms with van der Waals surface area (Å²) in [4.78, 5) is 34.6. The Bertz CT molecular complexity index is 754. The Morgan fingerprint density at radius 3 is 2.79 bits per heavy atom. The van der Waals surface area contributed by atoms with E-state index in [9.17, 15) is 9.59 Å². The third-order valence-electron chi connectivity index (χ3n) is 4.72. The summed E-state index contributed by atoms with van der Waals surface area (Å²) in [6, 6.07) is -0.338. The molecule has 4 heterocycles. The van der Waals surface area contributed by atoms with E-state index in [-0.39, 0.29) is 42.8 Å². The quantitative estimate of drug-likeness (QED) is 0.843. The Morgan fingerprint density at radius 2 is 2.12 bits per heavy atom. The van der Waals surface area contributed by atoms with Gasteiger partial charge in [-0.05, 0) is 13.3 Å². The molecule has 0 radical (unpaired) electrons. The third kappa shape index (κ3) is 2.47. The number of aryl methyl sites for hydroxylation is 2. The lowest BCUT2D eigenvalue weighted by Crippen LogP contribution is -2.55. The molecule has 128 valence electrons. The van der Waals surface area contributed by atoms with Crippen molar-refractivity contribution in [3.63, 3.8) is 0 Å². The van der Waals surface area contributed by atoms with Crippen LogP contribution in [0.4, 0.5) is 0 Å². The van der Waals surface area contributed by atoms with Crippen molar-refractivity contribution in [3.05, 3.63) is 24.4 Å². The van der Waals surface area contributed by atoms with Gasteiger partial charge < -0.3 is 19.4 Å². The van der Waals surface area contributed by atoms with Gasteiger partial charge in [0.2, 0.25) is 11.8 Å². The molecule has 2 atom stereocenters. The largest absolute Gasteiger partial charge is 0.345 e. The molecule has 0 aromatic carbocycles. The third-order valence-corrected chi connectivity index (χ3v) is 4.72. The van der Waals surface area contributed by atoms with Crippen molar-refractivity contribution in [2.75, 3.05) is 13.1 Å². The lowest BCUT2D eigenvalue weighted by atomic mass is 10.1. The normalized spacial score (nSPS) is 23.0. The molecule has 2 aromatic heterocycles. The number of amides is 2. The van der Waals surface area contributed by atoms with Crippen LogP contribution in [0.15, 0.2) is 18.6 Å². The fourth-order valence-corrected chi connectivity index (χ4v) is 3.39. The monoisotopic (exact) mass is 350 g/mol. The second kappa shape index (κ2) is 5.94. The molecule has 0 unspecified atom stereocenters. The molecule has 2 aliphatic rings.